The van der Waals surface area contributed by atoms with Gasteiger partial charge in [-0.25, -0.2) is 9.37 Å². The van der Waals surface area contributed by atoms with Crippen molar-refractivity contribution in [3.63, 3.8) is 0 Å². The van der Waals surface area contributed by atoms with Gasteiger partial charge in [0.25, 0.3) is 0 Å². The molecule has 5 nitrogen and oxygen atoms in total. The highest BCUT2D eigenvalue weighted by atomic mass is 32.2. The Kier molecular flexibility index (Phi) is 6.44. The molecule has 2 amide bonds. The third-order valence-corrected chi connectivity index (χ3v) is 6.74. The highest BCUT2D eigenvalue weighted by Gasteiger charge is 2.34. The number of amides is 2. The molecule has 1 atom stereocenters. The summed E-state index contributed by atoms with van der Waals surface area (Å²) >= 11 is 3.09. The Bertz CT molecular complexity index is 1020. The third-order valence-electron chi connectivity index (χ3n) is 4.79. The Morgan fingerprint density at radius 2 is 1.90 bits per heavy atom. The Morgan fingerprint density at radius 3 is 2.67 bits per heavy atom. The smallest absolute Gasteiger partial charge is 0.244 e. The number of nitrogens with zero attached hydrogens (tertiary/aromatic N) is 2. The molecule has 0 saturated carbocycles. The lowest BCUT2D eigenvalue weighted by Gasteiger charge is -2.23. The molecule has 3 aromatic rings. The van der Waals surface area contributed by atoms with E-state index >= 15 is 0 Å². The van der Waals surface area contributed by atoms with Gasteiger partial charge in [-0.1, -0.05) is 42.5 Å². The summed E-state index contributed by atoms with van der Waals surface area (Å²) in [5, 5.41) is 5.75. The van der Waals surface area contributed by atoms with Gasteiger partial charge in [0.15, 0.2) is 0 Å². The zero-order valence-electron chi connectivity index (χ0n) is 16.1. The molecule has 0 spiro atoms. The Balaban J connectivity index is 1.34. The second-order valence-corrected chi connectivity index (χ2v) is 8.77. The minimum absolute atomic E-state index is 0.133. The average Bonchev–Trinajstić information content (AvgIpc) is 3.44. The maximum atomic E-state index is 13.1. The molecule has 1 unspecified atom stereocenters. The van der Waals surface area contributed by atoms with Crippen molar-refractivity contribution in [1.82, 2.24) is 15.2 Å². The zero-order valence-corrected chi connectivity index (χ0v) is 17.7. The van der Waals surface area contributed by atoms with Gasteiger partial charge >= 0.3 is 0 Å². The van der Waals surface area contributed by atoms with Crippen molar-refractivity contribution in [3.8, 4) is 10.6 Å². The molecule has 1 aromatic heterocycles. The number of aromatic nitrogens is 1. The summed E-state index contributed by atoms with van der Waals surface area (Å²) in [6, 6.07) is 15.3. The van der Waals surface area contributed by atoms with Crippen LogP contribution in [0.2, 0.25) is 0 Å². The Hall–Kier alpha value is -2.71. The van der Waals surface area contributed by atoms with Crippen LogP contribution >= 0.6 is 23.1 Å². The number of hydrogen-bond acceptors (Lipinski definition) is 5. The molecule has 1 fully saturated rings. The molecule has 2 aromatic carbocycles. The first-order valence-electron chi connectivity index (χ1n) is 9.49. The van der Waals surface area contributed by atoms with Gasteiger partial charge in [0, 0.05) is 16.7 Å². The van der Waals surface area contributed by atoms with Crippen molar-refractivity contribution >= 4 is 34.9 Å². The number of thiazole rings is 1. The lowest BCUT2D eigenvalue weighted by molar-refractivity contribution is -0.137. The summed E-state index contributed by atoms with van der Waals surface area (Å²) in [5.74, 6) is 0.395. The normalized spacial score (nSPS) is 15.9. The van der Waals surface area contributed by atoms with Crippen LogP contribution in [-0.4, -0.2) is 39.4 Å². The molecule has 1 aliphatic heterocycles. The topological polar surface area (TPSA) is 62.3 Å². The van der Waals surface area contributed by atoms with Crippen LogP contribution in [-0.2, 0) is 22.6 Å². The molecule has 1 N–H and O–H groups in total. The summed E-state index contributed by atoms with van der Waals surface area (Å²) in [6.07, 6.45) is 0.150. The first-order valence-corrected chi connectivity index (χ1v) is 11.5. The van der Waals surface area contributed by atoms with Gasteiger partial charge in [-0.2, -0.15) is 0 Å². The van der Waals surface area contributed by atoms with E-state index in [-0.39, 0.29) is 24.1 Å². The molecule has 154 valence electrons. The fraction of sp³-hybridized carbons (Fsp3) is 0.227. The maximum Gasteiger partial charge on any atom is 0.244 e. The number of halogens is 1. The first-order chi connectivity index (χ1) is 14.6. The van der Waals surface area contributed by atoms with E-state index in [2.05, 4.69) is 10.3 Å². The SMILES string of the molecule is O=C(NCc1csc(-c2ccccc2)n1)C1CSCN1C(=O)Cc1ccc(F)cc1. The van der Waals surface area contributed by atoms with E-state index in [0.717, 1.165) is 21.8 Å². The number of thioether (sulfide) groups is 1. The lowest BCUT2D eigenvalue weighted by atomic mass is 10.1. The quantitative estimate of drug-likeness (QED) is 0.634. The van der Waals surface area contributed by atoms with E-state index in [1.165, 1.54) is 23.5 Å². The van der Waals surface area contributed by atoms with Crippen LogP contribution in [0.3, 0.4) is 0 Å². The van der Waals surface area contributed by atoms with Crippen molar-refractivity contribution in [2.24, 2.45) is 0 Å². The maximum absolute atomic E-state index is 13.1. The number of carbonyl (C=O) groups is 2. The molecule has 0 bridgehead atoms. The van der Waals surface area contributed by atoms with Crippen LogP contribution in [0.4, 0.5) is 4.39 Å². The Morgan fingerprint density at radius 1 is 1.13 bits per heavy atom. The third kappa shape index (κ3) is 4.88. The monoisotopic (exact) mass is 441 g/mol. The molecule has 1 saturated heterocycles. The van der Waals surface area contributed by atoms with Crippen molar-refractivity contribution in [2.45, 2.75) is 19.0 Å². The molecule has 0 aliphatic carbocycles. The molecule has 30 heavy (non-hydrogen) atoms. The largest absolute Gasteiger partial charge is 0.349 e. The van der Waals surface area contributed by atoms with Crippen LogP contribution in [0.25, 0.3) is 10.6 Å². The molecule has 1 aliphatic rings. The first kappa shape index (κ1) is 20.6. The van der Waals surface area contributed by atoms with Crippen molar-refractivity contribution in [3.05, 3.63) is 77.1 Å². The number of nitrogens with one attached hydrogen (secondary N) is 1. The van der Waals surface area contributed by atoms with Gasteiger partial charge in [-0.15, -0.1) is 23.1 Å². The molecule has 2 heterocycles. The number of hydrogen-bond donors (Lipinski definition) is 1. The second-order valence-electron chi connectivity index (χ2n) is 6.91. The molecular weight excluding hydrogens is 421 g/mol. The number of rotatable bonds is 6. The van der Waals surface area contributed by atoms with E-state index in [9.17, 15) is 14.0 Å². The Labute approximate surface area is 182 Å². The van der Waals surface area contributed by atoms with E-state index in [4.69, 9.17) is 0 Å². The summed E-state index contributed by atoms with van der Waals surface area (Å²) in [4.78, 5) is 31.6. The highest BCUT2D eigenvalue weighted by Crippen LogP contribution is 2.24. The average molecular weight is 442 g/mol. The summed E-state index contributed by atoms with van der Waals surface area (Å²) in [5.41, 5.74) is 2.57. The summed E-state index contributed by atoms with van der Waals surface area (Å²) in [7, 11) is 0. The standard InChI is InChI=1S/C22H20FN3O2S2/c23-17-8-6-15(7-9-17)10-20(27)26-14-29-13-19(26)21(28)24-11-18-12-30-22(25-18)16-4-2-1-3-5-16/h1-9,12,19H,10-11,13-14H2,(H,24,28). The van der Waals surface area contributed by atoms with Crippen LogP contribution < -0.4 is 5.32 Å². The van der Waals surface area contributed by atoms with Crippen molar-refractivity contribution in [1.29, 1.82) is 0 Å². The van der Waals surface area contributed by atoms with E-state index in [0.29, 0.717) is 18.2 Å². The predicted molar refractivity (Wildman–Crippen MR) is 117 cm³/mol. The van der Waals surface area contributed by atoms with Crippen LogP contribution in [0.5, 0.6) is 0 Å². The van der Waals surface area contributed by atoms with E-state index < -0.39 is 6.04 Å². The minimum Gasteiger partial charge on any atom is -0.349 e. The van der Waals surface area contributed by atoms with Crippen molar-refractivity contribution < 1.29 is 14.0 Å². The highest BCUT2D eigenvalue weighted by molar-refractivity contribution is 7.99. The van der Waals surface area contributed by atoms with Gasteiger partial charge in [-0.05, 0) is 17.7 Å². The van der Waals surface area contributed by atoms with Crippen LogP contribution in [0.1, 0.15) is 11.3 Å². The molecule has 4 rings (SSSR count). The number of benzene rings is 2. The van der Waals surface area contributed by atoms with Gasteiger partial charge < -0.3 is 10.2 Å². The van der Waals surface area contributed by atoms with Crippen LogP contribution in [0, 0.1) is 5.82 Å². The molecular formula is C22H20FN3O2S2. The van der Waals surface area contributed by atoms with Gasteiger partial charge in [0.2, 0.25) is 11.8 Å². The van der Waals surface area contributed by atoms with Gasteiger partial charge in [0.1, 0.15) is 16.9 Å². The summed E-state index contributed by atoms with van der Waals surface area (Å²) in [6.45, 7) is 0.323. The zero-order chi connectivity index (χ0) is 20.9. The van der Waals surface area contributed by atoms with Crippen molar-refractivity contribution in [2.75, 3.05) is 11.6 Å². The van der Waals surface area contributed by atoms with Gasteiger partial charge in [-0.3, -0.25) is 9.59 Å². The molecule has 0 radical (unpaired) electrons. The summed E-state index contributed by atoms with van der Waals surface area (Å²) < 4.78 is 13.1. The van der Waals surface area contributed by atoms with E-state index in [1.54, 1.807) is 28.8 Å². The molecule has 8 heteroatoms. The minimum atomic E-state index is -0.504. The van der Waals surface area contributed by atoms with Crippen LogP contribution in [0.15, 0.2) is 60.0 Å². The van der Waals surface area contributed by atoms with E-state index in [1.807, 2.05) is 35.7 Å². The second kappa shape index (κ2) is 9.40. The lowest BCUT2D eigenvalue weighted by Crippen LogP contribution is -2.47. The fourth-order valence-electron chi connectivity index (χ4n) is 3.18. The predicted octanol–water partition coefficient (Wildman–Crippen LogP) is 3.71. The van der Waals surface area contributed by atoms with Gasteiger partial charge in [0.05, 0.1) is 24.5 Å². The fourth-order valence-corrected chi connectivity index (χ4v) is 5.19. The number of carbonyl (C=O) groups excluding carboxylic acids is 2.